The Morgan fingerprint density at radius 2 is 1.75 bits per heavy atom. The first-order valence-corrected chi connectivity index (χ1v) is 12.2. The number of hydrogen-bond acceptors (Lipinski definition) is 5. The highest BCUT2D eigenvalue weighted by atomic mass is 32.2. The zero-order chi connectivity index (χ0) is 19.5. The second-order valence-corrected chi connectivity index (χ2v) is 11.7. The van der Waals surface area contributed by atoms with Gasteiger partial charge in [0, 0.05) is 31.3 Å². The van der Waals surface area contributed by atoms with E-state index in [1.807, 2.05) is 48.5 Å². The summed E-state index contributed by atoms with van der Waals surface area (Å²) in [7, 11) is -3.08. The number of aryl methyl sites for hydroxylation is 1. The van der Waals surface area contributed by atoms with E-state index in [0.717, 1.165) is 42.4 Å². The molecule has 0 radical (unpaired) electrons. The molecule has 28 heavy (non-hydrogen) atoms. The molecule has 138 valence electrons. The number of anilines is 1. The van der Waals surface area contributed by atoms with Gasteiger partial charge in [0.1, 0.15) is 0 Å². The van der Waals surface area contributed by atoms with Gasteiger partial charge in [0.05, 0.1) is 10.0 Å². The predicted molar refractivity (Wildman–Crippen MR) is 123 cm³/mol. The Balaban J connectivity index is 1.90. The van der Waals surface area contributed by atoms with Crippen LogP contribution in [0.2, 0.25) is 0 Å². The molecule has 2 aliphatic rings. The predicted octanol–water partition coefficient (Wildman–Crippen LogP) is 5.33. The number of fused-ring (bicyclic) bond motifs is 2. The average molecular weight is 420 g/mol. The van der Waals surface area contributed by atoms with E-state index in [2.05, 4.69) is 19.1 Å². The van der Waals surface area contributed by atoms with Gasteiger partial charge in [-0.25, -0.2) is 0 Å². The monoisotopic (exact) mass is 420 g/mol. The summed E-state index contributed by atoms with van der Waals surface area (Å²) in [5.41, 5.74) is 9.53. The maximum Gasteiger partial charge on any atom is 0.173 e. The molecule has 0 bridgehead atoms. The Hall–Kier alpha value is -2.33. The van der Waals surface area contributed by atoms with Crippen molar-refractivity contribution >= 4 is 56.5 Å². The van der Waals surface area contributed by atoms with Gasteiger partial charge in [-0.2, -0.15) is 0 Å². The molecule has 5 rings (SSSR count). The highest BCUT2D eigenvalue weighted by Gasteiger charge is 2.45. The topological polar surface area (TPSA) is 66.9 Å². The van der Waals surface area contributed by atoms with Crippen LogP contribution >= 0.6 is 30.2 Å². The smallest absolute Gasteiger partial charge is 0.173 e. The van der Waals surface area contributed by atoms with Gasteiger partial charge in [0.25, 0.3) is 0 Å². The van der Waals surface area contributed by atoms with Gasteiger partial charge in [0.15, 0.2) is 7.14 Å². The molecular weight excluding hydrogens is 403 g/mol. The largest absolute Gasteiger partial charge is 0.391 e. The Bertz CT molecular complexity index is 1250. The maximum absolute atomic E-state index is 14.6. The summed E-state index contributed by atoms with van der Waals surface area (Å²) in [5.74, 6) is 0. The van der Waals surface area contributed by atoms with Crippen LogP contribution in [0.4, 0.5) is 5.00 Å². The fourth-order valence-electron chi connectivity index (χ4n) is 3.85. The summed E-state index contributed by atoms with van der Waals surface area (Å²) in [6.45, 7) is 2.08. The van der Waals surface area contributed by atoms with Crippen LogP contribution in [0, 0.1) is 12.3 Å². The second-order valence-electron chi connectivity index (χ2n) is 6.82. The molecule has 3 N–H and O–H groups in total. The Kier molecular flexibility index (Phi) is 4.02. The minimum atomic E-state index is -3.08. The third-order valence-electron chi connectivity index (χ3n) is 5.11. The normalized spacial score (nSPS) is 20.8. The van der Waals surface area contributed by atoms with Gasteiger partial charge in [-0.1, -0.05) is 66.4 Å². The van der Waals surface area contributed by atoms with Crippen LogP contribution < -0.4 is 16.3 Å². The first-order chi connectivity index (χ1) is 13.5. The van der Waals surface area contributed by atoms with E-state index >= 15 is 0 Å². The molecule has 1 aromatic heterocycles. The molecule has 2 aromatic carbocycles. The van der Waals surface area contributed by atoms with Gasteiger partial charge in [-0.3, -0.25) is 5.41 Å². The molecule has 0 spiro atoms. The first-order valence-electron chi connectivity index (χ1n) is 8.85. The van der Waals surface area contributed by atoms with Crippen LogP contribution in [0.25, 0.3) is 5.57 Å². The van der Waals surface area contributed by atoms with Gasteiger partial charge in [0.2, 0.25) is 0 Å². The van der Waals surface area contributed by atoms with Crippen molar-refractivity contribution in [1.82, 2.24) is 0 Å². The quantitative estimate of drug-likeness (QED) is 0.551. The summed E-state index contributed by atoms with van der Waals surface area (Å²) in [6.07, 6.45) is 1.78. The summed E-state index contributed by atoms with van der Waals surface area (Å²) in [6, 6.07) is 19.7. The van der Waals surface area contributed by atoms with Gasteiger partial charge < -0.3 is 10.3 Å². The third kappa shape index (κ3) is 2.44. The van der Waals surface area contributed by atoms with E-state index in [1.54, 1.807) is 6.08 Å². The zero-order valence-electron chi connectivity index (χ0n) is 15.1. The van der Waals surface area contributed by atoms with Crippen molar-refractivity contribution in [2.75, 3.05) is 5.73 Å². The molecule has 0 saturated heterocycles. The minimum Gasteiger partial charge on any atom is -0.391 e. The fourth-order valence-corrected chi connectivity index (χ4v) is 9.74. The summed E-state index contributed by atoms with van der Waals surface area (Å²) >= 11 is 2.88. The number of thiophene rings is 1. The van der Waals surface area contributed by atoms with Crippen molar-refractivity contribution in [3.8, 4) is 0 Å². The molecule has 3 heterocycles. The number of nitrogens with one attached hydrogen (secondary N) is 1. The maximum atomic E-state index is 14.6. The number of nitrogen functional groups attached to an aromatic ring is 1. The van der Waals surface area contributed by atoms with Gasteiger partial charge in [-0.15, -0.1) is 11.3 Å². The van der Waals surface area contributed by atoms with E-state index in [1.165, 1.54) is 23.1 Å². The van der Waals surface area contributed by atoms with Crippen LogP contribution in [-0.2, 0) is 4.57 Å². The zero-order valence-corrected chi connectivity index (χ0v) is 17.6. The minimum absolute atomic E-state index is 0.426. The van der Waals surface area contributed by atoms with E-state index in [9.17, 15) is 4.57 Å². The molecule has 2 aliphatic heterocycles. The van der Waals surface area contributed by atoms with Gasteiger partial charge in [-0.05, 0) is 30.2 Å². The number of hydrogen-bond donors (Lipinski definition) is 2. The molecule has 1 unspecified atom stereocenters. The fraction of sp³-hybridized carbons (Fsp3) is 0.0455. The van der Waals surface area contributed by atoms with E-state index < -0.39 is 7.14 Å². The number of nitrogens with two attached hydrogens (primary N) is 1. The van der Waals surface area contributed by atoms with Crippen LogP contribution in [-0.4, -0.2) is 5.04 Å². The molecule has 3 nitrogen and oxygen atoms in total. The van der Waals surface area contributed by atoms with Crippen LogP contribution in [0.1, 0.15) is 16.0 Å². The molecule has 0 aliphatic carbocycles. The van der Waals surface area contributed by atoms with Crippen LogP contribution in [0.5, 0.6) is 0 Å². The molecule has 3 aromatic rings. The number of benzene rings is 2. The number of rotatable bonds is 2. The van der Waals surface area contributed by atoms with Crippen molar-refractivity contribution in [3.05, 3.63) is 93.0 Å². The molecule has 0 fully saturated rings. The molecule has 1 atom stereocenters. The molecular formula is C22H17N2OPS2. The highest BCUT2D eigenvalue weighted by molar-refractivity contribution is 8.19. The Morgan fingerprint density at radius 3 is 2.50 bits per heavy atom. The lowest BCUT2D eigenvalue weighted by molar-refractivity contribution is 0.591. The lowest BCUT2D eigenvalue weighted by atomic mass is 9.98. The van der Waals surface area contributed by atoms with Crippen molar-refractivity contribution in [1.29, 1.82) is 5.41 Å². The molecule has 0 saturated carbocycles. The number of thioether (sulfide) groups is 1. The molecule has 0 amide bonds. The molecule has 6 heteroatoms. The van der Waals surface area contributed by atoms with Crippen LogP contribution in [0.3, 0.4) is 0 Å². The summed E-state index contributed by atoms with van der Waals surface area (Å²) < 4.78 is 14.6. The van der Waals surface area contributed by atoms with Crippen molar-refractivity contribution in [3.63, 3.8) is 0 Å². The Labute approximate surface area is 171 Å². The van der Waals surface area contributed by atoms with Crippen molar-refractivity contribution in [2.24, 2.45) is 0 Å². The number of allylic oxidation sites excluding steroid dienone is 1. The lowest BCUT2D eigenvalue weighted by Gasteiger charge is -2.29. The van der Waals surface area contributed by atoms with Crippen LogP contribution in [0.15, 0.2) is 77.0 Å². The van der Waals surface area contributed by atoms with Crippen molar-refractivity contribution in [2.45, 2.75) is 6.92 Å². The summed E-state index contributed by atoms with van der Waals surface area (Å²) in [4.78, 5) is 1.90. The van der Waals surface area contributed by atoms with Gasteiger partial charge >= 0.3 is 0 Å². The van der Waals surface area contributed by atoms with Crippen molar-refractivity contribution < 1.29 is 4.57 Å². The second kappa shape index (κ2) is 6.35. The SMILES string of the molecule is Cc1ccccc1C1=C2SC(=N)C=C2P(=O)(c2ccccc2)c2cc(N)sc21. The average Bonchev–Trinajstić information content (AvgIpc) is 3.27. The third-order valence-corrected chi connectivity index (χ3v) is 10.4. The van der Waals surface area contributed by atoms with E-state index in [0.29, 0.717) is 10.0 Å². The Morgan fingerprint density at radius 1 is 1.04 bits per heavy atom. The summed E-state index contributed by atoms with van der Waals surface area (Å²) in [5, 5.41) is 11.7. The first kappa shape index (κ1) is 17.7. The van der Waals surface area contributed by atoms with E-state index in [-0.39, 0.29) is 0 Å². The lowest BCUT2D eigenvalue weighted by Crippen LogP contribution is -2.22. The standard InChI is InChI=1S/C22H17N2OPS2/c1-13-7-5-6-10-15(13)20-21-16(11-18(23)27-21)26(25,14-8-3-2-4-9-14)17-12-19(24)28-22(17)20/h2-12,23H,24H2,1H3. The van der Waals surface area contributed by atoms with E-state index in [4.69, 9.17) is 11.1 Å². The highest BCUT2D eigenvalue weighted by Crippen LogP contribution is 2.66.